The normalized spacial score (nSPS) is 10.5. The van der Waals surface area contributed by atoms with E-state index in [4.69, 9.17) is 46.4 Å². The molecule has 0 aliphatic heterocycles. The van der Waals surface area contributed by atoms with E-state index >= 15 is 0 Å². The second-order valence-electron chi connectivity index (χ2n) is 4.40. The van der Waals surface area contributed by atoms with Crippen LogP contribution in [0.1, 0.15) is 5.56 Å². The molecule has 116 valence electrons. The number of hydrogen-bond acceptors (Lipinski definition) is 2. The third kappa shape index (κ3) is 5.25. The van der Waals surface area contributed by atoms with Gasteiger partial charge < -0.3 is 5.32 Å². The molecule has 1 amide bonds. The van der Waals surface area contributed by atoms with Crippen molar-refractivity contribution in [3.63, 3.8) is 0 Å². The van der Waals surface area contributed by atoms with Crippen molar-refractivity contribution in [2.24, 2.45) is 0 Å². The number of benzene rings is 2. The van der Waals surface area contributed by atoms with Crippen LogP contribution in [0.5, 0.6) is 0 Å². The summed E-state index contributed by atoms with van der Waals surface area (Å²) >= 11 is 25.3. The lowest BCUT2D eigenvalue weighted by Gasteiger charge is -2.08. The molecule has 0 aromatic heterocycles. The van der Waals surface area contributed by atoms with Gasteiger partial charge in [-0.2, -0.15) is 0 Å². The van der Waals surface area contributed by atoms with E-state index in [0.717, 1.165) is 5.56 Å². The van der Waals surface area contributed by atoms with E-state index in [2.05, 4.69) is 5.32 Å². The van der Waals surface area contributed by atoms with Gasteiger partial charge >= 0.3 is 0 Å². The highest BCUT2D eigenvalue weighted by Gasteiger charge is 2.09. The topological polar surface area (TPSA) is 29.1 Å². The number of carbonyl (C=O) groups is 1. The van der Waals surface area contributed by atoms with Gasteiger partial charge in [-0.05, 0) is 42.0 Å². The molecule has 0 heterocycles. The van der Waals surface area contributed by atoms with Crippen molar-refractivity contribution in [2.75, 3.05) is 11.1 Å². The highest BCUT2D eigenvalue weighted by Crippen LogP contribution is 2.31. The SMILES string of the molecule is O=C(CSCc1c(Cl)cc(Cl)cc1Cl)Nc1ccc(Cl)cc1. The Morgan fingerprint density at radius 1 is 0.955 bits per heavy atom. The number of hydrogen-bond donors (Lipinski definition) is 1. The Labute approximate surface area is 153 Å². The molecule has 0 spiro atoms. The van der Waals surface area contributed by atoms with E-state index < -0.39 is 0 Å². The minimum Gasteiger partial charge on any atom is -0.325 e. The minimum atomic E-state index is -0.103. The lowest BCUT2D eigenvalue weighted by atomic mass is 10.2. The second kappa shape index (κ2) is 8.32. The highest BCUT2D eigenvalue weighted by atomic mass is 35.5. The van der Waals surface area contributed by atoms with Gasteiger partial charge in [0.2, 0.25) is 5.91 Å². The van der Waals surface area contributed by atoms with E-state index in [-0.39, 0.29) is 11.7 Å². The van der Waals surface area contributed by atoms with Crippen LogP contribution >= 0.6 is 58.2 Å². The van der Waals surface area contributed by atoms with Crippen LogP contribution < -0.4 is 5.32 Å². The van der Waals surface area contributed by atoms with Crippen LogP contribution in [0.15, 0.2) is 36.4 Å². The molecule has 2 aromatic carbocycles. The molecule has 0 saturated heterocycles. The van der Waals surface area contributed by atoms with E-state index in [1.165, 1.54) is 11.8 Å². The maximum Gasteiger partial charge on any atom is 0.234 e. The smallest absolute Gasteiger partial charge is 0.234 e. The molecule has 2 nitrogen and oxygen atoms in total. The van der Waals surface area contributed by atoms with Crippen LogP contribution in [0.2, 0.25) is 20.1 Å². The first-order valence-corrected chi connectivity index (χ1v) is 8.89. The lowest BCUT2D eigenvalue weighted by molar-refractivity contribution is -0.113. The molecule has 1 N–H and O–H groups in total. The van der Waals surface area contributed by atoms with Crippen LogP contribution in [0, 0.1) is 0 Å². The Balaban J connectivity index is 1.86. The quantitative estimate of drug-likeness (QED) is 0.656. The monoisotopic (exact) mass is 393 g/mol. The van der Waals surface area contributed by atoms with E-state index in [1.54, 1.807) is 36.4 Å². The maximum absolute atomic E-state index is 11.9. The van der Waals surface area contributed by atoms with Gasteiger partial charge in [0.05, 0.1) is 5.75 Å². The van der Waals surface area contributed by atoms with Crippen molar-refractivity contribution >= 4 is 69.8 Å². The fraction of sp³-hybridized carbons (Fsp3) is 0.133. The zero-order chi connectivity index (χ0) is 16.1. The Kier molecular flexibility index (Phi) is 6.72. The molecule has 2 rings (SSSR count). The number of thioether (sulfide) groups is 1. The van der Waals surface area contributed by atoms with Gasteiger partial charge in [0.25, 0.3) is 0 Å². The first-order chi connectivity index (χ1) is 10.5. The maximum atomic E-state index is 11.9. The summed E-state index contributed by atoms with van der Waals surface area (Å²) < 4.78 is 0. The Hall–Kier alpha value is -0.580. The molecule has 0 radical (unpaired) electrons. The summed E-state index contributed by atoms with van der Waals surface area (Å²) in [5.74, 6) is 0.717. The molecule has 0 fully saturated rings. The van der Waals surface area contributed by atoms with Crippen molar-refractivity contribution in [1.82, 2.24) is 0 Å². The van der Waals surface area contributed by atoms with Crippen molar-refractivity contribution < 1.29 is 4.79 Å². The van der Waals surface area contributed by atoms with Gasteiger partial charge in [-0.25, -0.2) is 0 Å². The average molecular weight is 395 g/mol. The molecular formula is C15H11Cl4NOS. The lowest BCUT2D eigenvalue weighted by Crippen LogP contribution is -2.14. The first kappa shape index (κ1) is 17.8. The van der Waals surface area contributed by atoms with Crippen LogP contribution in [0.3, 0.4) is 0 Å². The molecule has 0 atom stereocenters. The Bertz CT molecular complexity index is 653. The zero-order valence-corrected chi connectivity index (χ0v) is 15.0. The number of nitrogens with one attached hydrogen (secondary N) is 1. The zero-order valence-electron chi connectivity index (χ0n) is 11.2. The summed E-state index contributed by atoms with van der Waals surface area (Å²) in [6.07, 6.45) is 0. The second-order valence-corrected chi connectivity index (χ2v) is 7.07. The summed E-state index contributed by atoms with van der Waals surface area (Å²) in [4.78, 5) is 11.9. The van der Waals surface area contributed by atoms with E-state index in [1.807, 2.05) is 0 Å². The number of halogens is 4. The average Bonchev–Trinajstić information content (AvgIpc) is 2.44. The number of amides is 1. The molecule has 2 aromatic rings. The summed E-state index contributed by atoms with van der Waals surface area (Å²) in [6, 6.07) is 10.2. The minimum absolute atomic E-state index is 0.103. The molecule has 22 heavy (non-hydrogen) atoms. The molecule has 7 heteroatoms. The highest BCUT2D eigenvalue weighted by molar-refractivity contribution is 7.99. The number of rotatable bonds is 5. The Morgan fingerprint density at radius 3 is 2.14 bits per heavy atom. The Morgan fingerprint density at radius 2 is 1.55 bits per heavy atom. The fourth-order valence-corrected chi connectivity index (χ4v) is 3.80. The van der Waals surface area contributed by atoms with Gasteiger partial charge in [-0.15, -0.1) is 11.8 Å². The molecule has 0 aliphatic carbocycles. The van der Waals surface area contributed by atoms with Gasteiger partial charge in [0.1, 0.15) is 0 Å². The third-order valence-electron chi connectivity index (χ3n) is 2.71. The van der Waals surface area contributed by atoms with Gasteiger partial charge in [-0.3, -0.25) is 4.79 Å². The summed E-state index contributed by atoms with van der Waals surface area (Å²) in [6.45, 7) is 0. The van der Waals surface area contributed by atoms with E-state index in [0.29, 0.717) is 31.5 Å². The van der Waals surface area contributed by atoms with Crippen molar-refractivity contribution in [2.45, 2.75) is 5.75 Å². The number of carbonyl (C=O) groups excluding carboxylic acids is 1. The van der Waals surface area contributed by atoms with Gasteiger partial charge in [-0.1, -0.05) is 46.4 Å². The standard InChI is InChI=1S/C15H11Cl4NOS/c16-9-1-3-11(4-2-9)20-15(21)8-22-7-12-13(18)5-10(17)6-14(12)19/h1-6H,7-8H2,(H,20,21). The van der Waals surface area contributed by atoms with Crippen LogP contribution in [-0.4, -0.2) is 11.7 Å². The van der Waals surface area contributed by atoms with Crippen LogP contribution in [-0.2, 0) is 10.5 Å². The van der Waals surface area contributed by atoms with Gasteiger partial charge in [0.15, 0.2) is 0 Å². The fourth-order valence-electron chi connectivity index (χ4n) is 1.69. The first-order valence-electron chi connectivity index (χ1n) is 6.22. The molecular weight excluding hydrogens is 384 g/mol. The third-order valence-corrected chi connectivity index (χ3v) is 4.82. The number of anilines is 1. The van der Waals surface area contributed by atoms with Crippen molar-refractivity contribution in [1.29, 1.82) is 0 Å². The summed E-state index contributed by atoms with van der Waals surface area (Å²) in [5.41, 5.74) is 1.48. The van der Waals surface area contributed by atoms with Crippen molar-refractivity contribution in [3.05, 3.63) is 62.1 Å². The summed E-state index contributed by atoms with van der Waals surface area (Å²) in [7, 11) is 0. The van der Waals surface area contributed by atoms with Crippen molar-refractivity contribution in [3.8, 4) is 0 Å². The predicted octanol–water partition coefficient (Wildman–Crippen LogP) is 6.17. The van der Waals surface area contributed by atoms with Crippen LogP contribution in [0.4, 0.5) is 5.69 Å². The van der Waals surface area contributed by atoms with E-state index in [9.17, 15) is 4.79 Å². The summed E-state index contributed by atoms with van der Waals surface area (Å²) in [5, 5.41) is 4.91. The molecule has 0 saturated carbocycles. The van der Waals surface area contributed by atoms with Gasteiger partial charge in [0, 0.05) is 31.5 Å². The predicted molar refractivity (Wildman–Crippen MR) is 97.7 cm³/mol. The molecule has 0 bridgehead atoms. The van der Waals surface area contributed by atoms with Crippen LogP contribution in [0.25, 0.3) is 0 Å². The largest absolute Gasteiger partial charge is 0.325 e. The molecule has 0 unspecified atom stereocenters. The molecule has 0 aliphatic rings.